The lowest BCUT2D eigenvalue weighted by molar-refractivity contribution is 0.0771. The fourth-order valence-corrected chi connectivity index (χ4v) is 4.42. The van der Waals surface area contributed by atoms with E-state index in [1.807, 2.05) is 25.7 Å². The predicted molar refractivity (Wildman–Crippen MR) is 91.2 cm³/mol. The minimum Gasteiger partial charge on any atom is -0.346 e. The summed E-state index contributed by atoms with van der Waals surface area (Å²) in [5.74, 6) is 0.125. The zero-order valence-electron chi connectivity index (χ0n) is 13.1. The van der Waals surface area contributed by atoms with Crippen molar-refractivity contribution in [2.45, 2.75) is 27.2 Å². The summed E-state index contributed by atoms with van der Waals surface area (Å²) in [7, 11) is 0. The van der Waals surface area contributed by atoms with Crippen LogP contribution < -0.4 is 4.90 Å². The Morgan fingerprint density at radius 2 is 1.95 bits per heavy atom. The second-order valence-corrected chi connectivity index (χ2v) is 7.59. The van der Waals surface area contributed by atoms with E-state index >= 15 is 0 Å². The first-order valence-electron chi connectivity index (χ1n) is 7.45. The molecule has 0 N–H and O–H groups in total. The average molecular weight is 336 g/mol. The minimum atomic E-state index is 0.125. The van der Waals surface area contributed by atoms with Gasteiger partial charge in [0, 0.05) is 31.6 Å². The van der Waals surface area contributed by atoms with Crippen molar-refractivity contribution >= 4 is 33.7 Å². The molecule has 1 fully saturated rings. The van der Waals surface area contributed by atoms with Crippen LogP contribution in [0.15, 0.2) is 5.38 Å². The van der Waals surface area contributed by atoms with Crippen molar-refractivity contribution < 1.29 is 4.79 Å². The molecule has 1 aliphatic heterocycles. The molecule has 22 heavy (non-hydrogen) atoms. The van der Waals surface area contributed by atoms with E-state index < -0.39 is 0 Å². The molecule has 0 atom stereocenters. The highest BCUT2D eigenvalue weighted by molar-refractivity contribution is 7.14. The number of rotatable bonds is 2. The first-order valence-corrected chi connectivity index (χ1v) is 9.14. The number of aryl methyl sites for hydroxylation is 3. The van der Waals surface area contributed by atoms with Gasteiger partial charge < -0.3 is 9.80 Å². The SMILES string of the molecule is Cc1csc(N2CCCN(C(=O)c3sc(C)nc3C)CC2)n1. The van der Waals surface area contributed by atoms with Gasteiger partial charge in [0.15, 0.2) is 5.13 Å². The van der Waals surface area contributed by atoms with Gasteiger partial charge in [0.2, 0.25) is 0 Å². The zero-order chi connectivity index (χ0) is 15.7. The largest absolute Gasteiger partial charge is 0.346 e. The Morgan fingerprint density at radius 3 is 2.59 bits per heavy atom. The van der Waals surface area contributed by atoms with Gasteiger partial charge in [-0.2, -0.15) is 0 Å². The molecule has 3 heterocycles. The third-order valence-corrected chi connectivity index (χ3v) is 5.84. The standard InChI is InChI=1S/C15H20N4OS2/c1-10-9-21-15(16-10)19-6-4-5-18(7-8-19)14(20)13-11(2)17-12(3)22-13/h9H,4-8H2,1-3H3. The third-order valence-electron chi connectivity index (χ3n) is 3.76. The minimum absolute atomic E-state index is 0.125. The van der Waals surface area contributed by atoms with Gasteiger partial charge in [0.1, 0.15) is 4.88 Å². The van der Waals surface area contributed by atoms with Gasteiger partial charge >= 0.3 is 0 Å². The normalized spacial score (nSPS) is 16.0. The summed E-state index contributed by atoms with van der Waals surface area (Å²) in [6.45, 7) is 9.22. The first kappa shape index (κ1) is 15.4. The van der Waals surface area contributed by atoms with E-state index in [2.05, 4.69) is 20.2 Å². The Kier molecular flexibility index (Phi) is 4.44. The quantitative estimate of drug-likeness (QED) is 0.846. The van der Waals surface area contributed by atoms with E-state index in [1.165, 1.54) is 11.3 Å². The number of carbonyl (C=O) groups is 1. The number of hydrogen-bond acceptors (Lipinski definition) is 6. The zero-order valence-corrected chi connectivity index (χ0v) is 14.8. The maximum Gasteiger partial charge on any atom is 0.265 e. The fourth-order valence-electron chi connectivity index (χ4n) is 2.67. The molecule has 118 valence electrons. The second-order valence-electron chi connectivity index (χ2n) is 5.55. The Morgan fingerprint density at radius 1 is 1.14 bits per heavy atom. The van der Waals surface area contributed by atoms with Crippen LogP contribution in [0.1, 0.15) is 32.5 Å². The predicted octanol–water partition coefficient (Wildman–Crippen LogP) is 2.88. The third kappa shape index (κ3) is 3.15. The van der Waals surface area contributed by atoms with Crippen molar-refractivity contribution in [2.75, 3.05) is 31.1 Å². The monoisotopic (exact) mass is 336 g/mol. The lowest BCUT2D eigenvalue weighted by Crippen LogP contribution is -2.35. The lowest BCUT2D eigenvalue weighted by atomic mass is 10.3. The van der Waals surface area contributed by atoms with Gasteiger partial charge in [-0.3, -0.25) is 4.79 Å². The smallest absolute Gasteiger partial charge is 0.265 e. The molecule has 1 aliphatic rings. The highest BCUT2D eigenvalue weighted by Crippen LogP contribution is 2.23. The number of thiazole rings is 2. The van der Waals surface area contributed by atoms with Gasteiger partial charge in [0.25, 0.3) is 5.91 Å². The summed E-state index contributed by atoms with van der Waals surface area (Å²) in [5, 5.41) is 4.10. The molecule has 1 saturated heterocycles. The fraction of sp³-hybridized carbons (Fsp3) is 0.533. The number of hydrogen-bond donors (Lipinski definition) is 0. The Balaban J connectivity index is 1.70. The molecular weight excluding hydrogens is 316 g/mol. The Bertz CT molecular complexity index is 679. The van der Waals surface area contributed by atoms with E-state index in [9.17, 15) is 4.79 Å². The van der Waals surface area contributed by atoms with E-state index in [1.54, 1.807) is 11.3 Å². The van der Waals surface area contributed by atoms with Crippen molar-refractivity contribution in [1.29, 1.82) is 0 Å². The van der Waals surface area contributed by atoms with Crippen LogP contribution >= 0.6 is 22.7 Å². The van der Waals surface area contributed by atoms with Gasteiger partial charge in [-0.1, -0.05) is 0 Å². The van der Waals surface area contributed by atoms with Crippen LogP contribution in [0.3, 0.4) is 0 Å². The van der Waals surface area contributed by atoms with Crippen LogP contribution in [0, 0.1) is 20.8 Å². The van der Waals surface area contributed by atoms with Crippen LogP contribution in [0.5, 0.6) is 0 Å². The van der Waals surface area contributed by atoms with E-state index in [-0.39, 0.29) is 5.91 Å². The highest BCUT2D eigenvalue weighted by Gasteiger charge is 2.24. The van der Waals surface area contributed by atoms with Crippen LogP contribution in [0.2, 0.25) is 0 Å². The molecule has 2 aromatic rings. The van der Waals surface area contributed by atoms with Crippen molar-refractivity contribution in [1.82, 2.24) is 14.9 Å². The summed E-state index contributed by atoms with van der Waals surface area (Å²) in [6, 6.07) is 0. The summed E-state index contributed by atoms with van der Waals surface area (Å²) in [6.07, 6.45) is 0.973. The molecule has 7 heteroatoms. The molecule has 0 radical (unpaired) electrons. The van der Waals surface area contributed by atoms with E-state index in [4.69, 9.17) is 0 Å². The molecule has 0 aromatic carbocycles. The summed E-state index contributed by atoms with van der Waals surface area (Å²) >= 11 is 3.18. The number of anilines is 1. The lowest BCUT2D eigenvalue weighted by Gasteiger charge is -2.21. The van der Waals surface area contributed by atoms with Gasteiger partial charge in [-0.25, -0.2) is 9.97 Å². The van der Waals surface area contributed by atoms with Crippen LogP contribution in [0.4, 0.5) is 5.13 Å². The molecule has 0 unspecified atom stereocenters. The van der Waals surface area contributed by atoms with Gasteiger partial charge in [0.05, 0.1) is 16.4 Å². The molecule has 0 saturated carbocycles. The van der Waals surface area contributed by atoms with Crippen molar-refractivity contribution in [3.8, 4) is 0 Å². The molecule has 1 amide bonds. The number of aromatic nitrogens is 2. The Hall–Kier alpha value is -1.47. The first-order chi connectivity index (χ1) is 10.5. The molecular formula is C15H20N4OS2. The topological polar surface area (TPSA) is 49.3 Å². The van der Waals surface area contributed by atoms with Crippen molar-refractivity contribution in [2.24, 2.45) is 0 Å². The van der Waals surface area contributed by atoms with E-state index in [0.717, 1.165) is 59.0 Å². The number of nitrogens with zero attached hydrogens (tertiary/aromatic N) is 4. The summed E-state index contributed by atoms with van der Waals surface area (Å²) in [4.78, 5) is 26.7. The second kappa shape index (κ2) is 6.34. The number of carbonyl (C=O) groups excluding carboxylic acids is 1. The maximum absolute atomic E-state index is 12.7. The van der Waals surface area contributed by atoms with Crippen molar-refractivity contribution in [3.63, 3.8) is 0 Å². The summed E-state index contributed by atoms with van der Waals surface area (Å²) in [5.41, 5.74) is 1.91. The number of amides is 1. The molecule has 0 bridgehead atoms. The molecule has 5 nitrogen and oxygen atoms in total. The molecule has 2 aromatic heterocycles. The summed E-state index contributed by atoms with van der Waals surface area (Å²) < 4.78 is 0. The molecule has 0 aliphatic carbocycles. The van der Waals surface area contributed by atoms with Gasteiger partial charge in [-0.05, 0) is 27.2 Å². The average Bonchev–Trinajstić information content (AvgIpc) is 2.95. The van der Waals surface area contributed by atoms with Crippen LogP contribution in [0.25, 0.3) is 0 Å². The molecule has 0 spiro atoms. The Labute approximate surface area is 138 Å². The van der Waals surface area contributed by atoms with Crippen molar-refractivity contribution in [3.05, 3.63) is 26.7 Å². The van der Waals surface area contributed by atoms with Crippen LogP contribution in [-0.2, 0) is 0 Å². The molecule has 3 rings (SSSR count). The van der Waals surface area contributed by atoms with Gasteiger partial charge in [-0.15, -0.1) is 22.7 Å². The highest BCUT2D eigenvalue weighted by atomic mass is 32.1. The van der Waals surface area contributed by atoms with Crippen LogP contribution in [-0.4, -0.2) is 47.0 Å². The van der Waals surface area contributed by atoms with E-state index in [0.29, 0.717) is 0 Å². The maximum atomic E-state index is 12.7.